The van der Waals surface area contributed by atoms with Crippen molar-refractivity contribution in [1.29, 1.82) is 0 Å². The summed E-state index contributed by atoms with van der Waals surface area (Å²) in [5.41, 5.74) is 21.1. The van der Waals surface area contributed by atoms with Crippen LogP contribution in [0.1, 0.15) is 44.5 Å². The molecule has 10 aromatic carbocycles. The second-order valence-corrected chi connectivity index (χ2v) is 20.0. The first-order valence-corrected chi connectivity index (χ1v) is 24.1. The van der Waals surface area contributed by atoms with Gasteiger partial charge in [-0.15, -0.1) is 11.3 Å². The number of hydrogen-bond acceptors (Lipinski definition) is 3. The van der Waals surface area contributed by atoms with E-state index in [0.717, 1.165) is 11.4 Å². The zero-order chi connectivity index (χ0) is 42.4. The van der Waals surface area contributed by atoms with E-state index < -0.39 is 10.8 Å². The first-order valence-electron chi connectivity index (χ1n) is 22.5. The molecule has 65 heavy (non-hydrogen) atoms. The van der Waals surface area contributed by atoms with Crippen molar-refractivity contribution in [2.75, 3.05) is 4.90 Å². The maximum Gasteiger partial charge on any atom is 0.0736 e. The van der Waals surface area contributed by atoms with Gasteiger partial charge in [-0.05, 0) is 132 Å². The predicted octanol–water partition coefficient (Wildman–Crippen LogP) is 16.7. The summed E-state index contributed by atoms with van der Waals surface area (Å²) in [5, 5.41) is 2.57. The molecule has 302 valence electrons. The minimum atomic E-state index is -0.492. The van der Waals surface area contributed by atoms with Crippen molar-refractivity contribution in [3.8, 4) is 33.4 Å². The largest absolute Gasteiger partial charge is 0.310 e. The normalized spacial score (nSPS) is 14.6. The molecule has 4 aliphatic rings. The summed E-state index contributed by atoms with van der Waals surface area (Å²) in [5.74, 6) is 0. The third-order valence-electron chi connectivity index (χ3n) is 14.9. The van der Waals surface area contributed by atoms with E-state index in [1.165, 1.54) is 114 Å². The van der Waals surface area contributed by atoms with Crippen LogP contribution in [0.15, 0.2) is 234 Å². The Morgan fingerprint density at radius 1 is 0.308 bits per heavy atom. The molecular formula is C62H37NS2. The van der Waals surface area contributed by atoms with Gasteiger partial charge in [-0.1, -0.05) is 182 Å². The van der Waals surface area contributed by atoms with Crippen LogP contribution in [-0.2, 0) is 10.8 Å². The second kappa shape index (κ2) is 13.1. The Kier molecular flexibility index (Phi) is 7.24. The van der Waals surface area contributed by atoms with Crippen LogP contribution in [0, 0.1) is 0 Å². The van der Waals surface area contributed by atoms with Gasteiger partial charge >= 0.3 is 0 Å². The Labute approximate surface area is 385 Å². The Bertz CT molecular complexity index is 3740. The molecule has 0 fully saturated rings. The Morgan fingerprint density at radius 3 is 1.34 bits per heavy atom. The molecule has 1 aliphatic heterocycles. The monoisotopic (exact) mass is 859 g/mol. The predicted molar refractivity (Wildman–Crippen MR) is 272 cm³/mol. The summed E-state index contributed by atoms with van der Waals surface area (Å²) >= 11 is 3.78. The van der Waals surface area contributed by atoms with E-state index in [1.54, 1.807) is 0 Å². The average molecular weight is 860 g/mol. The van der Waals surface area contributed by atoms with Gasteiger partial charge in [0.2, 0.25) is 0 Å². The molecule has 0 bridgehead atoms. The molecule has 1 aromatic heterocycles. The van der Waals surface area contributed by atoms with Crippen molar-refractivity contribution in [3.63, 3.8) is 0 Å². The maximum atomic E-state index is 2.58. The van der Waals surface area contributed by atoms with E-state index in [4.69, 9.17) is 0 Å². The molecule has 0 unspecified atom stereocenters. The zero-order valence-corrected chi connectivity index (χ0v) is 36.8. The lowest BCUT2D eigenvalue weighted by Gasteiger charge is -2.40. The van der Waals surface area contributed by atoms with Crippen LogP contribution in [0.25, 0.3) is 53.6 Å². The average Bonchev–Trinajstić information content (AvgIpc) is 4.08. The molecule has 2 heterocycles. The molecule has 0 atom stereocenters. The van der Waals surface area contributed by atoms with Crippen LogP contribution in [0.4, 0.5) is 17.1 Å². The van der Waals surface area contributed by atoms with Crippen LogP contribution >= 0.6 is 23.1 Å². The standard InChI is InChI=1S/C62H37NS2/c1-7-22-47-40(16-1)41-17-2-8-23-48(41)61(47)49-24-9-5-20-44(49)45-34-32-38(36-53(45)61)63(55-28-15-31-59-60(55)46-21-6-13-29-56(46)64-59)39-33-35-58-54(37-39)62(52-27-12-14-30-57(52)65-58)50-25-10-3-18-42(50)43-19-4-11-26-51(43)62/h1-37H. The highest BCUT2D eigenvalue weighted by molar-refractivity contribution is 7.99. The molecule has 0 saturated heterocycles. The molecule has 0 amide bonds. The summed E-state index contributed by atoms with van der Waals surface area (Å²) in [6, 6.07) is 85.2. The molecule has 3 aliphatic carbocycles. The minimum absolute atomic E-state index is 0.459. The zero-order valence-electron chi connectivity index (χ0n) is 35.1. The highest BCUT2D eigenvalue weighted by atomic mass is 32.2. The Balaban J connectivity index is 1.04. The number of fused-ring (bicyclic) bond motifs is 22. The van der Waals surface area contributed by atoms with Crippen LogP contribution in [0.3, 0.4) is 0 Å². The van der Waals surface area contributed by atoms with Gasteiger partial charge in [-0.3, -0.25) is 0 Å². The van der Waals surface area contributed by atoms with Crippen molar-refractivity contribution in [3.05, 3.63) is 269 Å². The van der Waals surface area contributed by atoms with Crippen molar-refractivity contribution in [2.45, 2.75) is 20.6 Å². The number of rotatable bonds is 3. The number of anilines is 3. The van der Waals surface area contributed by atoms with Crippen molar-refractivity contribution >= 4 is 60.3 Å². The number of thiophene rings is 1. The van der Waals surface area contributed by atoms with Gasteiger partial charge in [0.15, 0.2) is 0 Å². The lowest BCUT2D eigenvalue weighted by molar-refractivity contribution is 0.722. The quantitative estimate of drug-likeness (QED) is 0.174. The Hall–Kier alpha value is -7.43. The molecule has 0 N–H and O–H groups in total. The van der Waals surface area contributed by atoms with Gasteiger partial charge in [0.05, 0.1) is 16.5 Å². The molecular weight excluding hydrogens is 823 g/mol. The van der Waals surface area contributed by atoms with Gasteiger partial charge in [0, 0.05) is 41.3 Å². The highest BCUT2D eigenvalue weighted by Gasteiger charge is 2.53. The van der Waals surface area contributed by atoms with Crippen LogP contribution in [0.2, 0.25) is 0 Å². The van der Waals surface area contributed by atoms with E-state index >= 15 is 0 Å². The van der Waals surface area contributed by atoms with E-state index in [9.17, 15) is 0 Å². The summed E-state index contributed by atoms with van der Waals surface area (Å²) < 4.78 is 2.59. The first-order chi connectivity index (χ1) is 32.2. The van der Waals surface area contributed by atoms with Crippen molar-refractivity contribution in [2.24, 2.45) is 0 Å². The molecule has 1 nitrogen and oxygen atoms in total. The number of hydrogen-bond donors (Lipinski definition) is 0. The maximum absolute atomic E-state index is 2.58. The van der Waals surface area contributed by atoms with Gasteiger partial charge in [-0.25, -0.2) is 0 Å². The lowest BCUT2D eigenvalue weighted by Crippen LogP contribution is -2.32. The molecule has 0 radical (unpaired) electrons. The minimum Gasteiger partial charge on any atom is -0.310 e. The lowest BCUT2D eigenvalue weighted by atomic mass is 9.67. The molecule has 11 aromatic rings. The third-order valence-corrected chi connectivity index (χ3v) is 17.2. The van der Waals surface area contributed by atoms with E-state index in [2.05, 4.69) is 229 Å². The van der Waals surface area contributed by atoms with Gasteiger partial charge < -0.3 is 4.90 Å². The number of nitrogens with zero attached hydrogens (tertiary/aromatic N) is 1. The van der Waals surface area contributed by atoms with E-state index in [1.807, 2.05) is 23.1 Å². The van der Waals surface area contributed by atoms with E-state index in [-0.39, 0.29) is 0 Å². The summed E-state index contributed by atoms with van der Waals surface area (Å²) in [6.07, 6.45) is 0. The summed E-state index contributed by atoms with van der Waals surface area (Å²) in [6.45, 7) is 0. The van der Waals surface area contributed by atoms with Crippen molar-refractivity contribution in [1.82, 2.24) is 0 Å². The molecule has 15 rings (SSSR count). The van der Waals surface area contributed by atoms with Crippen molar-refractivity contribution < 1.29 is 0 Å². The fourth-order valence-corrected chi connectivity index (χ4v) is 14.9. The molecule has 0 saturated carbocycles. The number of benzene rings is 10. The van der Waals surface area contributed by atoms with Crippen LogP contribution in [0.5, 0.6) is 0 Å². The third kappa shape index (κ3) is 4.50. The second-order valence-electron chi connectivity index (χ2n) is 17.8. The van der Waals surface area contributed by atoms with Gasteiger partial charge in [0.25, 0.3) is 0 Å². The summed E-state index contributed by atoms with van der Waals surface area (Å²) in [7, 11) is 0. The van der Waals surface area contributed by atoms with Gasteiger partial charge in [0.1, 0.15) is 0 Å². The first kappa shape index (κ1) is 36.0. The molecule has 2 spiro atoms. The van der Waals surface area contributed by atoms with Crippen LogP contribution in [-0.4, -0.2) is 0 Å². The van der Waals surface area contributed by atoms with E-state index in [0.29, 0.717) is 0 Å². The Morgan fingerprint density at radius 2 is 0.738 bits per heavy atom. The fraction of sp³-hybridized carbons (Fsp3) is 0.0323. The molecule has 3 heteroatoms. The van der Waals surface area contributed by atoms with Gasteiger partial charge in [-0.2, -0.15) is 0 Å². The smallest absolute Gasteiger partial charge is 0.0736 e. The highest BCUT2D eigenvalue weighted by Crippen LogP contribution is 2.65. The topological polar surface area (TPSA) is 3.24 Å². The summed E-state index contributed by atoms with van der Waals surface area (Å²) in [4.78, 5) is 5.18. The SMILES string of the molecule is c1ccc2c(c1)Sc1ccc(N(c3ccc4c(c3)C3(c5ccccc5-c5ccccc53)c3ccccc3-4)c3cccc4sc5ccccc5c34)cc1C21c2ccccc2-c2ccccc21. The fourth-order valence-electron chi connectivity index (χ4n) is 12.6. The van der Waals surface area contributed by atoms with Crippen LogP contribution < -0.4 is 4.90 Å².